The lowest BCUT2D eigenvalue weighted by Gasteiger charge is -2.18. The monoisotopic (exact) mass is 280 g/mol. The van der Waals surface area contributed by atoms with Crippen molar-refractivity contribution in [1.29, 1.82) is 5.26 Å². The number of rotatable bonds is 4. The quantitative estimate of drug-likeness (QED) is 0.894. The number of hydrogen-bond donors (Lipinski definition) is 2. The predicted molar refractivity (Wildman–Crippen MR) is 81.3 cm³/mol. The van der Waals surface area contributed by atoms with E-state index in [0.29, 0.717) is 5.56 Å². The number of carboxylic acids is 1. The van der Waals surface area contributed by atoms with Crippen molar-refractivity contribution in [3.63, 3.8) is 0 Å². The van der Waals surface area contributed by atoms with Crippen LogP contribution in [-0.4, -0.2) is 11.1 Å². The smallest absolute Gasteiger partial charge is 0.335 e. The number of benzene rings is 2. The van der Waals surface area contributed by atoms with Crippen molar-refractivity contribution in [2.45, 2.75) is 19.9 Å². The molecule has 0 radical (unpaired) electrons. The zero-order valence-corrected chi connectivity index (χ0v) is 11.9. The molecule has 1 atom stereocenters. The van der Waals surface area contributed by atoms with Crippen LogP contribution in [0, 0.1) is 18.3 Å². The molecule has 1 unspecified atom stereocenters. The van der Waals surface area contributed by atoms with Crippen LogP contribution in [0.1, 0.15) is 40.0 Å². The van der Waals surface area contributed by atoms with E-state index in [0.717, 1.165) is 16.8 Å². The fourth-order valence-electron chi connectivity index (χ4n) is 2.15. The topological polar surface area (TPSA) is 73.1 Å². The summed E-state index contributed by atoms with van der Waals surface area (Å²) >= 11 is 0. The molecule has 0 heterocycles. The maximum atomic E-state index is 10.9. The maximum absolute atomic E-state index is 10.9. The molecule has 2 aromatic rings. The van der Waals surface area contributed by atoms with Crippen molar-refractivity contribution < 1.29 is 9.90 Å². The van der Waals surface area contributed by atoms with E-state index in [1.807, 2.05) is 32.0 Å². The second kappa shape index (κ2) is 6.10. The maximum Gasteiger partial charge on any atom is 0.335 e. The van der Waals surface area contributed by atoms with Gasteiger partial charge in [-0.25, -0.2) is 4.79 Å². The summed E-state index contributed by atoms with van der Waals surface area (Å²) in [6, 6.07) is 14.6. The van der Waals surface area contributed by atoms with Crippen molar-refractivity contribution in [2.24, 2.45) is 0 Å². The first-order valence-corrected chi connectivity index (χ1v) is 6.62. The zero-order chi connectivity index (χ0) is 15.4. The molecule has 0 amide bonds. The van der Waals surface area contributed by atoms with E-state index < -0.39 is 5.97 Å². The highest BCUT2D eigenvalue weighted by molar-refractivity contribution is 5.88. The average Bonchev–Trinajstić information content (AvgIpc) is 2.49. The second-order valence-electron chi connectivity index (χ2n) is 4.94. The molecule has 0 aromatic heterocycles. The lowest BCUT2D eigenvalue weighted by molar-refractivity contribution is 0.0697. The van der Waals surface area contributed by atoms with Crippen molar-refractivity contribution in [2.75, 3.05) is 5.32 Å². The number of hydrogen-bond acceptors (Lipinski definition) is 3. The molecular formula is C17H16N2O2. The van der Waals surface area contributed by atoms with Crippen LogP contribution in [0.3, 0.4) is 0 Å². The molecule has 106 valence electrons. The highest BCUT2D eigenvalue weighted by Crippen LogP contribution is 2.23. The molecule has 0 fully saturated rings. The van der Waals surface area contributed by atoms with Gasteiger partial charge in [-0.15, -0.1) is 0 Å². The number of carboxylic acid groups (broad SMARTS) is 1. The van der Waals surface area contributed by atoms with Crippen LogP contribution < -0.4 is 5.32 Å². The lowest BCUT2D eigenvalue weighted by atomic mass is 10.0. The van der Waals surface area contributed by atoms with Gasteiger partial charge >= 0.3 is 5.97 Å². The third-order valence-electron chi connectivity index (χ3n) is 3.36. The summed E-state index contributed by atoms with van der Waals surface area (Å²) in [6.45, 7) is 3.87. The van der Waals surface area contributed by atoms with Crippen LogP contribution in [0.15, 0.2) is 42.5 Å². The third-order valence-corrected chi connectivity index (χ3v) is 3.36. The van der Waals surface area contributed by atoms with Crippen molar-refractivity contribution in [3.8, 4) is 6.07 Å². The Morgan fingerprint density at radius 1 is 1.29 bits per heavy atom. The molecule has 4 heteroatoms. The Hall–Kier alpha value is -2.80. The molecule has 0 aliphatic rings. The molecule has 2 rings (SSSR count). The number of nitrogens with one attached hydrogen (secondary N) is 1. The van der Waals surface area contributed by atoms with Crippen LogP contribution in [0.4, 0.5) is 5.69 Å². The lowest BCUT2D eigenvalue weighted by Crippen LogP contribution is -2.08. The highest BCUT2D eigenvalue weighted by atomic mass is 16.4. The Balaban J connectivity index is 2.21. The molecule has 0 spiro atoms. The van der Waals surface area contributed by atoms with Gasteiger partial charge in [-0.3, -0.25) is 0 Å². The van der Waals surface area contributed by atoms with Gasteiger partial charge < -0.3 is 10.4 Å². The Labute approximate surface area is 123 Å². The van der Waals surface area contributed by atoms with Gasteiger partial charge in [0.15, 0.2) is 0 Å². The Morgan fingerprint density at radius 2 is 2.05 bits per heavy atom. The number of nitrogens with zero attached hydrogens (tertiary/aromatic N) is 1. The minimum atomic E-state index is -0.931. The first-order chi connectivity index (χ1) is 10.0. The molecule has 0 saturated carbocycles. The third kappa shape index (κ3) is 3.40. The minimum Gasteiger partial charge on any atom is -0.478 e. The highest BCUT2D eigenvalue weighted by Gasteiger charge is 2.10. The van der Waals surface area contributed by atoms with Gasteiger partial charge in [0, 0.05) is 11.7 Å². The van der Waals surface area contributed by atoms with Gasteiger partial charge in [-0.1, -0.05) is 12.1 Å². The molecular weight excluding hydrogens is 264 g/mol. The summed E-state index contributed by atoms with van der Waals surface area (Å²) in [5.74, 6) is -0.931. The standard InChI is InChI=1S/C17H16N2O2/c1-11-8-15(17(20)21)6-7-16(11)19-12(2)14-5-3-4-13(9-14)10-18/h3-9,12,19H,1-2H3,(H,20,21). The van der Waals surface area contributed by atoms with Crippen molar-refractivity contribution in [3.05, 3.63) is 64.7 Å². The van der Waals surface area contributed by atoms with E-state index >= 15 is 0 Å². The molecule has 0 saturated heterocycles. The molecule has 0 bridgehead atoms. The van der Waals surface area contributed by atoms with E-state index in [9.17, 15) is 4.79 Å². The van der Waals surface area contributed by atoms with Gasteiger partial charge in [0.25, 0.3) is 0 Å². The molecule has 4 nitrogen and oxygen atoms in total. The summed E-state index contributed by atoms with van der Waals surface area (Å²) in [5.41, 5.74) is 3.67. The Morgan fingerprint density at radius 3 is 2.67 bits per heavy atom. The molecule has 0 aliphatic carbocycles. The number of aryl methyl sites for hydroxylation is 1. The predicted octanol–water partition coefficient (Wildman–Crippen LogP) is 3.74. The SMILES string of the molecule is Cc1cc(C(=O)O)ccc1NC(C)c1cccc(C#N)c1. The summed E-state index contributed by atoms with van der Waals surface area (Å²) < 4.78 is 0. The second-order valence-corrected chi connectivity index (χ2v) is 4.94. The summed E-state index contributed by atoms with van der Waals surface area (Å²) in [4.78, 5) is 10.9. The summed E-state index contributed by atoms with van der Waals surface area (Å²) in [7, 11) is 0. The van der Waals surface area contributed by atoms with E-state index in [1.165, 1.54) is 0 Å². The van der Waals surface area contributed by atoms with Crippen LogP contribution >= 0.6 is 0 Å². The zero-order valence-electron chi connectivity index (χ0n) is 11.9. The van der Waals surface area contributed by atoms with Crippen LogP contribution in [0.5, 0.6) is 0 Å². The van der Waals surface area contributed by atoms with Crippen molar-refractivity contribution in [1.82, 2.24) is 0 Å². The van der Waals surface area contributed by atoms with Crippen LogP contribution in [-0.2, 0) is 0 Å². The summed E-state index contributed by atoms with van der Waals surface area (Å²) in [5, 5.41) is 21.2. The van der Waals surface area contributed by atoms with Crippen molar-refractivity contribution >= 4 is 11.7 Å². The fraction of sp³-hybridized carbons (Fsp3) is 0.176. The van der Waals surface area contributed by atoms with Gasteiger partial charge in [0.05, 0.1) is 17.2 Å². The van der Waals surface area contributed by atoms with Gasteiger partial charge in [0.2, 0.25) is 0 Å². The van der Waals surface area contributed by atoms with E-state index in [1.54, 1.807) is 24.3 Å². The van der Waals surface area contributed by atoms with Gasteiger partial charge in [-0.05, 0) is 55.3 Å². The number of aromatic carboxylic acids is 1. The largest absolute Gasteiger partial charge is 0.478 e. The molecule has 2 N–H and O–H groups in total. The minimum absolute atomic E-state index is 0.0210. The average molecular weight is 280 g/mol. The van der Waals surface area contributed by atoms with Crippen LogP contribution in [0.2, 0.25) is 0 Å². The first-order valence-electron chi connectivity index (χ1n) is 6.62. The van der Waals surface area contributed by atoms with Gasteiger partial charge in [-0.2, -0.15) is 5.26 Å². The first kappa shape index (κ1) is 14.6. The Bertz CT molecular complexity index is 717. The van der Waals surface area contributed by atoms with Crippen LogP contribution in [0.25, 0.3) is 0 Å². The number of nitriles is 1. The molecule has 2 aromatic carbocycles. The van der Waals surface area contributed by atoms with E-state index in [2.05, 4.69) is 11.4 Å². The number of carbonyl (C=O) groups is 1. The van der Waals surface area contributed by atoms with E-state index in [4.69, 9.17) is 10.4 Å². The Kier molecular flexibility index (Phi) is 4.24. The number of anilines is 1. The summed E-state index contributed by atoms with van der Waals surface area (Å²) in [6.07, 6.45) is 0. The molecule has 21 heavy (non-hydrogen) atoms. The normalized spacial score (nSPS) is 11.5. The van der Waals surface area contributed by atoms with E-state index in [-0.39, 0.29) is 11.6 Å². The fourth-order valence-corrected chi connectivity index (χ4v) is 2.15. The molecule has 0 aliphatic heterocycles. The van der Waals surface area contributed by atoms with Gasteiger partial charge in [0.1, 0.15) is 0 Å².